The topological polar surface area (TPSA) is 91.9 Å². The Morgan fingerprint density at radius 3 is 2.89 bits per heavy atom. The first-order valence-electron chi connectivity index (χ1n) is 9.09. The second-order valence-electron chi connectivity index (χ2n) is 7.44. The van der Waals surface area contributed by atoms with Gasteiger partial charge in [-0.05, 0) is 24.1 Å². The molecule has 0 atom stereocenters. The Bertz CT molecular complexity index is 1130. The Morgan fingerprint density at radius 1 is 1.33 bits per heavy atom. The summed E-state index contributed by atoms with van der Waals surface area (Å²) in [6, 6.07) is 4.26. The average molecular weight is 381 g/mol. The van der Waals surface area contributed by atoms with Crippen LogP contribution >= 0.6 is 0 Å². The smallest absolute Gasteiger partial charge is 0.213 e. The highest BCUT2D eigenvalue weighted by Crippen LogP contribution is 2.46. The number of hydrogen-bond acceptors (Lipinski definition) is 5. The van der Waals surface area contributed by atoms with E-state index in [1.54, 1.807) is 6.92 Å². The predicted molar refractivity (Wildman–Crippen MR) is 100 cm³/mol. The molecule has 27 heavy (non-hydrogen) atoms. The van der Waals surface area contributed by atoms with Crippen molar-refractivity contribution in [2.24, 2.45) is 0 Å². The van der Waals surface area contributed by atoms with Crippen LogP contribution in [0.15, 0.2) is 24.5 Å². The van der Waals surface area contributed by atoms with Crippen LogP contribution in [0, 0.1) is 11.3 Å². The number of sulfonamides is 1. The molecule has 0 radical (unpaired) electrons. The van der Waals surface area contributed by atoms with Crippen molar-refractivity contribution in [2.75, 3.05) is 18.8 Å². The predicted octanol–water partition coefficient (Wildman–Crippen LogP) is 1.71. The number of hydrogen-bond donors (Lipinski definition) is 0. The molecule has 8 heteroatoms. The van der Waals surface area contributed by atoms with Crippen LogP contribution in [0.5, 0.6) is 0 Å². The summed E-state index contributed by atoms with van der Waals surface area (Å²) in [5, 5.41) is 14.0. The van der Waals surface area contributed by atoms with Crippen LogP contribution in [0.3, 0.4) is 0 Å². The molecule has 0 bridgehead atoms. The van der Waals surface area contributed by atoms with E-state index in [0.717, 1.165) is 35.4 Å². The van der Waals surface area contributed by atoms with Crippen LogP contribution in [0.1, 0.15) is 30.3 Å². The molecule has 1 fully saturated rings. The summed E-state index contributed by atoms with van der Waals surface area (Å²) in [7, 11) is -3.26. The van der Waals surface area contributed by atoms with Gasteiger partial charge in [0.2, 0.25) is 10.0 Å². The first-order chi connectivity index (χ1) is 13.0. The number of fused-ring (bicyclic) bond motifs is 2. The molecule has 0 N–H and O–H groups in total. The third-order valence-electron chi connectivity index (χ3n) is 5.97. The fourth-order valence-electron chi connectivity index (χ4n) is 4.54. The van der Waals surface area contributed by atoms with Gasteiger partial charge in [-0.1, -0.05) is 6.08 Å². The van der Waals surface area contributed by atoms with Crippen LogP contribution in [-0.2, 0) is 28.4 Å². The SMILES string of the molecule is CCS(=O)(=O)N1CC(CC#N)(n2ncc3c2CC2=CCc4nccc-3c42)C1. The molecule has 0 aromatic carbocycles. The van der Waals surface area contributed by atoms with Gasteiger partial charge in [-0.2, -0.15) is 14.7 Å². The van der Waals surface area contributed by atoms with E-state index >= 15 is 0 Å². The molecule has 1 saturated heterocycles. The Kier molecular flexibility index (Phi) is 3.39. The van der Waals surface area contributed by atoms with Crippen molar-refractivity contribution in [1.29, 1.82) is 5.26 Å². The lowest BCUT2D eigenvalue weighted by Crippen LogP contribution is -2.64. The maximum absolute atomic E-state index is 12.2. The lowest BCUT2D eigenvalue weighted by molar-refractivity contribution is 0.0693. The molecule has 3 heterocycles. The van der Waals surface area contributed by atoms with Crippen molar-refractivity contribution < 1.29 is 8.42 Å². The van der Waals surface area contributed by atoms with Crippen molar-refractivity contribution in [3.8, 4) is 17.2 Å². The van der Waals surface area contributed by atoms with E-state index in [2.05, 4.69) is 22.2 Å². The Morgan fingerprint density at radius 2 is 2.15 bits per heavy atom. The van der Waals surface area contributed by atoms with Crippen LogP contribution in [-0.4, -0.2) is 46.3 Å². The zero-order valence-corrected chi connectivity index (χ0v) is 15.8. The average Bonchev–Trinajstić information content (AvgIpc) is 3.24. The Labute approximate surface area is 158 Å². The van der Waals surface area contributed by atoms with Gasteiger partial charge in [0, 0.05) is 43.3 Å². The van der Waals surface area contributed by atoms with E-state index in [1.807, 2.05) is 23.1 Å². The molecule has 1 aliphatic heterocycles. The molecule has 138 valence electrons. The second kappa shape index (κ2) is 5.50. The fourth-order valence-corrected chi connectivity index (χ4v) is 5.78. The number of rotatable bonds is 4. The zero-order chi connectivity index (χ0) is 18.8. The van der Waals surface area contributed by atoms with Crippen LogP contribution in [0.25, 0.3) is 16.7 Å². The minimum Gasteiger partial charge on any atom is -0.260 e. The maximum atomic E-state index is 12.2. The lowest BCUT2D eigenvalue weighted by Gasteiger charge is -2.48. The third-order valence-corrected chi connectivity index (χ3v) is 7.74. The number of nitriles is 1. The molecule has 0 unspecified atom stereocenters. The molecular weight excluding hydrogens is 362 g/mol. The van der Waals surface area contributed by atoms with E-state index in [9.17, 15) is 13.7 Å². The number of allylic oxidation sites excluding steroid dienone is 2. The highest BCUT2D eigenvalue weighted by Gasteiger charge is 2.51. The normalized spacial score (nSPS) is 19.6. The molecule has 7 nitrogen and oxygen atoms in total. The van der Waals surface area contributed by atoms with E-state index in [-0.39, 0.29) is 12.2 Å². The van der Waals surface area contributed by atoms with Gasteiger partial charge < -0.3 is 0 Å². The van der Waals surface area contributed by atoms with Gasteiger partial charge in [0.15, 0.2) is 0 Å². The van der Waals surface area contributed by atoms with Gasteiger partial charge in [-0.25, -0.2) is 8.42 Å². The standard InChI is InChI=1S/C19H19N5O2S/c1-2-27(25,26)23-11-19(12-23,6-7-20)24-17-9-13-3-4-16-18(13)14(5-8-21-16)15(17)10-22-24/h3,5,8,10H,2,4,6,9,11-12H2,1H3. The second-order valence-corrected chi connectivity index (χ2v) is 9.69. The molecule has 2 aliphatic carbocycles. The van der Waals surface area contributed by atoms with E-state index < -0.39 is 15.6 Å². The summed E-state index contributed by atoms with van der Waals surface area (Å²) in [5.41, 5.74) is 6.28. The molecule has 2 aromatic heterocycles. The van der Waals surface area contributed by atoms with Gasteiger partial charge in [-0.3, -0.25) is 9.67 Å². The van der Waals surface area contributed by atoms with Crippen LogP contribution in [0.4, 0.5) is 0 Å². The van der Waals surface area contributed by atoms with Gasteiger partial charge in [0.1, 0.15) is 5.54 Å². The molecule has 0 spiro atoms. The van der Waals surface area contributed by atoms with Gasteiger partial charge in [0.05, 0.1) is 35.8 Å². The van der Waals surface area contributed by atoms with Crippen molar-refractivity contribution in [3.05, 3.63) is 41.5 Å². The van der Waals surface area contributed by atoms with Crippen LogP contribution in [0.2, 0.25) is 0 Å². The highest BCUT2D eigenvalue weighted by molar-refractivity contribution is 7.89. The summed E-state index contributed by atoms with van der Waals surface area (Å²) in [4.78, 5) is 4.49. The molecule has 2 aromatic rings. The minimum absolute atomic E-state index is 0.0723. The monoisotopic (exact) mass is 381 g/mol. The molecule has 0 amide bonds. The van der Waals surface area contributed by atoms with Crippen molar-refractivity contribution >= 4 is 15.6 Å². The van der Waals surface area contributed by atoms with E-state index in [1.165, 1.54) is 15.4 Å². The zero-order valence-electron chi connectivity index (χ0n) is 15.0. The summed E-state index contributed by atoms with van der Waals surface area (Å²) >= 11 is 0. The van der Waals surface area contributed by atoms with Crippen molar-refractivity contribution in [3.63, 3.8) is 0 Å². The number of nitrogens with zero attached hydrogens (tertiary/aromatic N) is 5. The first-order valence-corrected chi connectivity index (χ1v) is 10.7. The molecule has 3 aliphatic rings. The summed E-state index contributed by atoms with van der Waals surface area (Å²) < 4.78 is 27.8. The molecule has 0 saturated carbocycles. The summed E-state index contributed by atoms with van der Waals surface area (Å²) in [6.45, 7) is 2.25. The first kappa shape index (κ1) is 16.7. The minimum atomic E-state index is -3.26. The van der Waals surface area contributed by atoms with E-state index in [4.69, 9.17) is 0 Å². The third kappa shape index (κ3) is 2.19. The van der Waals surface area contributed by atoms with Gasteiger partial charge >= 0.3 is 0 Å². The van der Waals surface area contributed by atoms with E-state index in [0.29, 0.717) is 13.1 Å². The molecule has 5 rings (SSSR count). The van der Waals surface area contributed by atoms with Gasteiger partial charge in [0.25, 0.3) is 0 Å². The maximum Gasteiger partial charge on any atom is 0.213 e. The molecular formula is C19H19N5O2S. The fraction of sp³-hybridized carbons (Fsp3) is 0.421. The Hall–Kier alpha value is -2.50. The highest BCUT2D eigenvalue weighted by atomic mass is 32.2. The van der Waals surface area contributed by atoms with Crippen LogP contribution < -0.4 is 0 Å². The summed E-state index contributed by atoms with van der Waals surface area (Å²) in [6.07, 6.45) is 7.74. The van der Waals surface area contributed by atoms with Crippen molar-refractivity contribution in [2.45, 2.75) is 31.7 Å². The quantitative estimate of drug-likeness (QED) is 0.804. The number of aromatic nitrogens is 3. The number of pyridine rings is 1. The Balaban J connectivity index is 1.60. The largest absolute Gasteiger partial charge is 0.260 e. The van der Waals surface area contributed by atoms with Crippen molar-refractivity contribution in [1.82, 2.24) is 19.1 Å². The van der Waals surface area contributed by atoms with Gasteiger partial charge in [-0.15, -0.1) is 0 Å². The lowest BCUT2D eigenvalue weighted by atomic mass is 9.85. The summed E-state index contributed by atoms with van der Waals surface area (Å²) in [5.74, 6) is 0.0723.